The van der Waals surface area contributed by atoms with Crippen LogP contribution in [0.1, 0.15) is 18.1 Å². The first-order valence-electron chi connectivity index (χ1n) is 9.54. The van der Waals surface area contributed by atoms with Gasteiger partial charge in [-0.25, -0.2) is 4.98 Å². The molecule has 0 fully saturated rings. The van der Waals surface area contributed by atoms with Crippen molar-refractivity contribution in [1.82, 2.24) is 14.9 Å². The number of aliphatic imine (C=N–C) groups is 1. The van der Waals surface area contributed by atoms with E-state index in [2.05, 4.69) is 44.9 Å². The fourth-order valence-corrected chi connectivity index (χ4v) is 2.88. The maximum Gasteiger partial charge on any atom is 0.195 e. The lowest BCUT2D eigenvalue weighted by Gasteiger charge is -2.15. The highest BCUT2D eigenvalue weighted by Gasteiger charge is 2.07. The molecule has 0 spiro atoms. The topological polar surface area (TPSA) is 72.7 Å². The van der Waals surface area contributed by atoms with Gasteiger partial charge in [0, 0.05) is 44.3 Å². The van der Waals surface area contributed by atoms with Crippen molar-refractivity contribution in [3.8, 4) is 11.5 Å². The maximum atomic E-state index is 5.56. The van der Waals surface area contributed by atoms with Crippen molar-refractivity contribution in [3.05, 3.63) is 72.3 Å². The molecule has 3 aromatic rings. The highest BCUT2D eigenvalue weighted by atomic mass is 16.5. The number of imidazole rings is 1. The summed E-state index contributed by atoms with van der Waals surface area (Å²) >= 11 is 0. The molecule has 7 heteroatoms. The lowest BCUT2D eigenvalue weighted by atomic mass is 10.1. The highest BCUT2D eigenvalue weighted by molar-refractivity contribution is 5.93. The van der Waals surface area contributed by atoms with E-state index in [1.165, 1.54) is 11.1 Å². The number of aromatic nitrogens is 2. The Morgan fingerprint density at radius 1 is 1.10 bits per heavy atom. The Morgan fingerprint density at radius 3 is 2.55 bits per heavy atom. The number of ether oxygens (including phenoxy) is 2. The second-order valence-corrected chi connectivity index (χ2v) is 6.40. The minimum absolute atomic E-state index is 0.591. The van der Waals surface area contributed by atoms with Gasteiger partial charge in [-0.3, -0.25) is 4.99 Å². The van der Waals surface area contributed by atoms with E-state index in [1.807, 2.05) is 42.2 Å². The van der Waals surface area contributed by atoms with Crippen LogP contribution in [0.25, 0.3) is 0 Å². The van der Waals surface area contributed by atoms with Gasteiger partial charge >= 0.3 is 0 Å². The van der Waals surface area contributed by atoms with Crippen LogP contribution in [0.4, 0.5) is 5.69 Å². The maximum absolute atomic E-state index is 5.56. The van der Waals surface area contributed by atoms with E-state index in [9.17, 15) is 0 Å². The summed E-state index contributed by atoms with van der Waals surface area (Å²) in [7, 11) is 3.38. The molecule has 2 aromatic carbocycles. The standard InChI is InChI=1S/C22H27N5O2/c1-4-29-20-10-9-19(13-21(20)28-3)26-22(23-2)25-14-17-5-7-18(8-6-17)15-27-12-11-24-16-27/h5-13,16H,4,14-15H2,1-3H3,(H2,23,25,26). The minimum Gasteiger partial charge on any atom is -0.493 e. The first kappa shape index (κ1) is 20.3. The lowest BCUT2D eigenvalue weighted by Crippen LogP contribution is -2.30. The molecule has 0 bridgehead atoms. The number of hydrogen-bond acceptors (Lipinski definition) is 4. The van der Waals surface area contributed by atoms with Gasteiger partial charge in [0.05, 0.1) is 20.0 Å². The number of benzene rings is 2. The average molecular weight is 393 g/mol. The third-order valence-electron chi connectivity index (χ3n) is 4.36. The molecule has 0 aliphatic carbocycles. The van der Waals surface area contributed by atoms with Crippen LogP contribution in [-0.4, -0.2) is 36.3 Å². The Kier molecular flexibility index (Phi) is 7.10. The van der Waals surface area contributed by atoms with Gasteiger partial charge in [-0.2, -0.15) is 0 Å². The minimum atomic E-state index is 0.591. The highest BCUT2D eigenvalue weighted by Crippen LogP contribution is 2.30. The fraction of sp³-hybridized carbons (Fsp3) is 0.273. The second-order valence-electron chi connectivity index (χ2n) is 6.40. The van der Waals surface area contributed by atoms with Crippen LogP contribution in [0.2, 0.25) is 0 Å². The molecule has 1 heterocycles. The van der Waals surface area contributed by atoms with Crippen molar-refractivity contribution in [3.63, 3.8) is 0 Å². The van der Waals surface area contributed by atoms with Crippen molar-refractivity contribution in [2.45, 2.75) is 20.0 Å². The van der Waals surface area contributed by atoms with Crippen LogP contribution >= 0.6 is 0 Å². The summed E-state index contributed by atoms with van der Waals surface area (Å²) in [6, 6.07) is 14.2. The molecule has 0 radical (unpaired) electrons. The number of guanidine groups is 1. The molecule has 0 aliphatic rings. The van der Waals surface area contributed by atoms with E-state index in [-0.39, 0.29) is 0 Å². The van der Waals surface area contributed by atoms with E-state index >= 15 is 0 Å². The number of rotatable bonds is 8. The van der Waals surface area contributed by atoms with E-state index in [1.54, 1.807) is 20.4 Å². The van der Waals surface area contributed by atoms with E-state index in [0.29, 0.717) is 24.9 Å². The van der Waals surface area contributed by atoms with Gasteiger partial charge in [0.1, 0.15) is 0 Å². The van der Waals surface area contributed by atoms with Crippen LogP contribution in [0.5, 0.6) is 11.5 Å². The summed E-state index contributed by atoms with van der Waals surface area (Å²) in [5, 5.41) is 6.61. The number of nitrogens with zero attached hydrogens (tertiary/aromatic N) is 3. The summed E-state index contributed by atoms with van der Waals surface area (Å²) < 4.78 is 13.0. The largest absolute Gasteiger partial charge is 0.493 e. The Bertz CT molecular complexity index is 921. The van der Waals surface area contributed by atoms with E-state index in [0.717, 1.165) is 18.0 Å². The molecular formula is C22H27N5O2. The van der Waals surface area contributed by atoms with Crippen LogP contribution in [-0.2, 0) is 13.1 Å². The summed E-state index contributed by atoms with van der Waals surface area (Å²) in [6.07, 6.45) is 5.57. The monoisotopic (exact) mass is 393 g/mol. The van der Waals surface area contributed by atoms with Crippen molar-refractivity contribution in [2.75, 3.05) is 26.1 Å². The molecule has 0 saturated carbocycles. The van der Waals surface area contributed by atoms with Crippen LogP contribution in [0, 0.1) is 0 Å². The van der Waals surface area contributed by atoms with Crippen molar-refractivity contribution >= 4 is 11.6 Å². The third kappa shape index (κ3) is 5.75. The summed E-state index contributed by atoms with van der Waals surface area (Å²) in [6.45, 7) is 4.02. The molecular weight excluding hydrogens is 366 g/mol. The summed E-state index contributed by atoms with van der Waals surface area (Å²) in [4.78, 5) is 8.36. The normalized spacial score (nSPS) is 11.2. The quantitative estimate of drug-likeness (QED) is 0.452. The Labute approximate surface area is 171 Å². The van der Waals surface area contributed by atoms with Gasteiger partial charge in [0.15, 0.2) is 17.5 Å². The second kappa shape index (κ2) is 10.2. The van der Waals surface area contributed by atoms with Crippen LogP contribution < -0.4 is 20.1 Å². The molecule has 0 aliphatic heterocycles. The van der Waals surface area contributed by atoms with Gasteiger partial charge in [-0.05, 0) is 30.2 Å². The number of anilines is 1. The predicted molar refractivity (Wildman–Crippen MR) is 116 cm³/mol. The number of methoxy groups -OCH3 is 1. The van der Waals surface area contributed by atoms with Gasteiger partial charge in [0.25, 0.3) is 0 Å². The van der Waals surface area contributed by atoms with Gasteiger partial charge < -0.3 is 24.7 Å². The first-order valence-corrected chi connectivity index (χ1v) is 9.54. The SMILES string of the molecule is CCOc1ccc(NC(=NC)NCc2ccc(Cn3ccnc3)cc2)cc1OC. The van der Waals surface area contributed by atoms with Gasteiger partial charge in [0.2, 0.25) is 0 Å². The first-order chi connectivity index (χ1) is 14.2. The van der Waals surface area contributed by atoms with E-state index in [4.69, 9.17) is 9.47 Å². The van der Waals surface area contributed by atoms with Crippen LogP contribution in [0.15, 0.2) is 66.2 Å². The molecule has 3 rings (SSSR count). The molecule has 1 aromatic heterocycles. The number of nitrogens with one attached hydrogen (secondary N) is 2. The predicted octanol–water partition coefficient (Wildman–Crippen LogP) is 3.53. The third-order valence-corrected chi connectivity index (χ3v) is 4.36. The zero-order chi connectivity index (χ0) is 20.5. The Morgan fingerprint density at radius 2 is 1.90 bits per heavy atom. The van der Waals surface area contributed by atoms with Crippen LogP contribution in [0.3, 0.4) is 0 Å². The molecule has 7 nitrogen and oxygen atoms in total. The molecule has 0 unspecified atom stereocenters. The van der Waals surface area contributed by atoms with Gasteiger partial charge in [-0.15, -0.1) is 0 Å². The Balaban J connectivity index is 1.56. The van der Waals surface area contributed by atoms with Crippen molar-refractivity contribution in [1.29, 1.82) is 0 Å². The number of hydrogen-bond donors (Lipinski definition) is 2. The van der Waals surface area contributed by atoms with E-state index < -0.39 is 0 Å². The lowest BCUT2D eigenvalue weighted by molar-refractivity contribution is 0.311. The molecule has 2 N–H and O–H groups in total. The zero-order valence-corrected chi connectivity index (χ0v) is 17.1. The molecule has 0 amide bonds. The fourth-order valence-electron chi connectivity index (χ4n) is 2.88. The van der Waals surface area contributed by atoms with Crippen molar-refractivity contribution in [2.24, 2.45) is 4.99 Å². The Hall–Kier alpha value is -3.48. The van der Waals surface area contributed by atoms with Crippen molar-refractivity contribution < 1.29 is 9.47 Å². The molecule has 0 saturated heterocycles. The summed E-state index contributed by atoms with van der Waals surface area (Å²) in [5.74, 6) is 2.08. The molecule has 0 atom stereocenters. The molecule has 29 heavy (non-hydrogen) atoms. The summed E-state index contributed by atoms with van der Waals surface area (Å²) in [5.41, 5.74) is 3.27. The zero-order valence-electron chi connectivity index (χ0n) is 17.1. The van der Waals surface area contributed by atoms with Gasteiger partial charge in [-0.1, -0.05) is 24.3 Å². The smallest absolute Gasteiger partial charge is 0.195 e. The molecule has 152 valence electrons. The average Bonchev–Trinajstić information content (AvgIpc) is 3.26.